The molecule has 35 heavy (non-hydrogen) atoms. The van der Waals surface area contributed by atoms with Crippen LogP contribution in [0.15, 0.2) is 70.2 Å². The minimum absolute atomic E-state index is 0.106. The molecule has 0 saturated heterocycles. The van der Waals surface area contributed by atoms with Gasteiger partial charge in [-0.1, -0.05) is 30.0 Å². The molecule has 2 heterocycles. The van der Waals surface area contributed by atoms with Gasteiger partial charge in [-0.05, 0) is 49.4 Å². The first-order valence-electron chi connectivity index (χ1n) is 10.7. The third-order valence-corrected chi connectivity index (χ3v) is 6.18. The SMILES string of the molecule is COC(=O)c1cc(CN(C)C(=O)CSc2nnc(-c3ccc(F)cc3)n2-c2ccccc2)oc1C. The van der Waals surface area contributed by atoms with Gasteiger partial charge in [-0.15, -0.1) is 10.2 Å². The molecular weight excluding hydrogens is 471 g/mol. The molecule has 4 aromatic rings. The molecule has 0 unspecified atom stereocenters. The summed E-state index contributed by atoms with van der Waals surface area (Å²) in [6.45, 7) is 1.87. The number of halogens is 1. The Morgan fingerprint density at radius 3 is 2.51 bits per heavy atom. The van der Waals surface area contributed by atoms with Crippen LogP contribution in [0.5, 0.6) is 0 Å². The van der Waals surface area contributed by atoms with Crippen molar-refractivity contribution in [2.24, 2.45) is 0 Å². The number of carbonyl (C=O) groups is 2. The number of carbonyl (C=O) groups excluding carboxylic acids is 2. The van der Waals surface area contributed by atoms with Crippen LogP contribution < -0.4 is 0 Å². The predicted molar refractivity (Wildman–Crippen MR) is 129 cm³/mol. The predicted octanol–water partition coefficient (Wildman–Crippen LogP) is 4.51. The number of rotatable bonds is 8. The maximum atomic E-state index is 13.4. The van der Waals surface area contributed by atoms with E-state index in [1.165, 1.54) is 35.9 Å². The molecule has 10 heteroatoms. The normalized spacial score (nSPS) is 10.9. The minimum Gasteiger partial charge on any atom is -0.465 e. The van der Waals surface area contributed by atoms with Crippen molar-refractivity contribution < 1.29 is 23.1 Å². The first-order chi connectivity index (χ1) is 16.9. The van der Waals surface area contributed by atoms with Crippen molar-refractivity contribution >= 4 is 23.6 Å². The Balaban J connectivity index is 1.51. The first-order valence-corrected chi connectivity index (χ1v) is 11.7. The molecule has 4 rings (SSSR count). The van der Waals surface area contributed by atoms with Crippen molar-refractivity contribution in [3.63, 3.8) is 0 Å². The number of ether oxygens (including phenoxy) is 1. The van der Waals surface area contributed by atoms with Gasteiger partial charge in [-0.3, -0.25) is 9.36 Å². The summed E-state index contributed by atoms with van der Waals surface area (Å²) in [7, 11) is 2.96. The van der Waals surface area contributed by atoms with Crippen molar-refractivity contribution in [1.29, 1.82) is 0 Å². The van der Waals surface area contributed by atoms with Gasteiger partial charge >= 0.3 is 5.97 Å². The van der Waals surface area contributed by atoms with Gasteiger partial charge in [-0.2, -0.15) is 0 Å². The number of methoxy groups -OCH3 is 1. The van der Waals surface area contributed by atoms with E-state index in [0.717, 1.165) is 5.69 Å². The van der Waals surface area contributed by atoms with E-state index in [1.54, 1.807) is 32.2 Å². The third-order valence-electron chi connectivity index (χ3n) is 5.27. The molecule has 0 saturated carbocycles. The number of esters is 1. The maximum absolute atomic E-state index is 13.4. The molecular formula is C25H23FN4O4S. The van der Waals surface area contributed by atoms with Crippen molar-refractivity contribution in [1.82, 2.24) is 19.7 Å². The quantitative estimate of drug-likeness (QED) is 0.263. The Kier molecular flexibility index (Phi) is 7.31. The van der Waals surface area contributed by atoms with Crippen LogP contribution in [-0.4, -0.2) is 51.5 Å². The second-order valence-corrected chi connectivity index (χ2v) is 8.64. The van der Waals surface area contributed by atoms with Crippen molar-refractivity contribution in [2.75, 3.05) is 19.9 Å². The second kappa shape index (κ2) is 10.6. The van der Waals surface area contributed by atoms with E-state index in [1.807, 2.05) is 34.9 Å². The zero-order valence-corrected chi connectivity index (χ0v) is 20.2. The minimum atomic E-state index is -0.487. The molecule has 8 nitrogen and oxygen atoms in total. The molecule has 1 amide bonds. The lowest BCUT2D eigenvalue weighted by Gasteiger charge is -2.15. The van der Waals surface area contributed by atoms with Crippen LogP contribution in [0.25, 0.3) is 17.1 Å². The summed E-state index contributed by atoms with van der Waals surface area (Å²) in [4.78, 5) is 26.1. The Labute approximate surface area is 205 Å². The summed E-state index contributed by atoms with van der Waals surface area (Å²) in [6.07, 6.45) is 0. The van der Waals surface area contributed by atoms with E-state index in [2.05, 4.69) is 10.2 Å². The average Bonchev–Trinajstić information content (AvgIpc) is 3.46. The molecule has 2 aromatic heterocycles. The smallest absolute Gasteiger partial charge is 0.341 e. The fourth-order valence-electron chi connectivity index (χ4n) is 3.45. The lowest BCUT2D eigenvalue weighted by atomic mass is 10.2. The number of furan rings is 1. The molecule has 0 aliphatic carbocycles. The van der Waals surface area contributed by atoms with Crippen LogP contribution >= 0.6 is 11.8 Å². The summed E-state index contributed by atoms with van der Waals surface area (Å²) in [5.41, 5.74) is 1.86. The Morgan fingerprint density at radius 1 is 1.11 bits per heavy atom. The summed E-state index contributed by atoms with van der Waals surface area (Å²) >= 11 is 1.24. The summed E-state index contributed by atoms with van der Waals surface area (Å²) in [5.74, 6) is 0.582. The largest absolute Gasteiger partial charge is 0.465 e. The lowest BCUT2D eigenvalue weighted by Crippen LogP contribution is -2.27. The third kappa shape index (κ3) is 5.43. The molecule has 0 N–H and O–H groups in total. The van der Waals surface area contributed by atoms with E-state index in [-0.39, 0.29) is 24.0 Å². The topological polar surface area (TPSA) is 90.5 Å². The second-order valence-electron chi connectivity index (χ2n) is 7.70. The molecule has 0 fully saturated rings. The molecule has 0 atom stereocenters. The number of nitrogens with zero attached hydrogens (tertiary/aromatic N) is 4. The highest BCUT2D eigenvalue weighted by Crippen LogP contribution is 2.28. The maximum Gasteiger partial charge on any atom is 0.341 e. The highest BCUT2D eigenvalue weighted by molar-refractivity contribution is 7.99. The number of amides is 1. The number of aromatic nitrogens is 3. The summed E-state index contributed by atoms with van der Waals surface area (Å²) in [6, 6.07) is 17.1. The molecule has 0 bridgehead atoms. The van der Waals surface area contributed by atoms with Crippen LogP contribution in [0.3, 0.4) is 0 Å². The van der Waals surface area contributed by atoms with Crippen LogP contribution in [0, 0.1) is 12.7 Å². The van der Waals surface area contributed by atoms with Gasteiger partial charge in [0.1, 0.15) is 22.9 Å². The van der Waals surface area contributed by atoms with Crippen molar-refractivity contribution in [3.05, 3.63) is 83.6 Å². The molecule has 0 radical (unpaired) electrons. The fraction of sp³-hybridized carbons (Fsp3) is 0.200. The number of para-hydroxylation sites is 1. The molecule has 180 valence electrons. The van der Waals surface area contributed by atoms with Crippen LogP contribution in [0.4, 0.5) is 4.39 Å². The molecule has 0 aliphatic rings. The number of hydrogen-bond acceptors (Lipinski definition) is 7. The molecule has 0 aliphatic heterocycles. The standard InChI is InChI=1S/C25H23FN4O4S/c1-16-21(24(32)33-3)13-20(34-16)14-29(2)22(31)15-35-25-28-27-23(17-9-11-18(26)12-10-17)30(25)19-7-5-4-6-8-19/h4-13H,14-15H2,1-3H3. The molecule has 2 aromatic carbocycles. The lowest BCUT2D eigenvalue weighted by molar-refractivity contribution is -0.127. The zero-order chi connectivity index (χ0) is 24.9. The van der Waals surface area contributed by atoms with Gasteiger partial charge < -0.3 is 14.1 Å². The van der Waals surface area contributed by atoms with E-state index in [9.17, 15) is 14.0 Å². The number of hydrogen-bond donors (Lipinski definition) is 0. The van der Waals surface area contributed by atoms with Crippen LogP contribution in [0.2, 0.25) is 0 Å². The van der Waals surface area contributed by atoms with Crippen molar-refractivity contribution in [2.45, 2.75) is 18.6 Å². The molecule has 0 spiro atoms. The van der Waals surface area contributed by atoms with Gasteiger partial charge in [-0.25, -0.2) is 9.18 Å². The van der Waals surface area contributed by atoms with Crippen LogP contribution in [0.1, 0.15) is 21.9 Å². The number of aryl methyl sites for hydroxylation is 1. The first kappa shape index (κ1) is 24.2. The summed E-state index contributed by atoms with van der Waals surface area (Å²) in [5, 5.41) is 9.12. The van der Waals surface area contributed by atoms with E-state index in [4.69, 9.17) is 9.15 Å². The van der Waals surface area contributed by atoms with Gasteiger partial charge in [0.05, 0.1) is 19.4 Å². The number of benzene rings is 2. The van der Waals surface area contributed by atoms with E-state index >= 15 is 0 Å². The van der Waals surface area contributed by atoms with Crippen LogP contribution in [-0.2, 0) is 16.1 Å². The Hall–Kier alpha value is -3.92. The van der Waals surface area contributed by atoms with Gasteiger partial charge in [0.2, 0.25) is 5.91 Å². The fourth-order valence-corrected chi connectivity index (χ4v) is 4.34. The van der Waals surface area contributed by atoms with E-state index in [0.29, 0.717) is 33.6 Å². The number of thioether (sulfide) groups is 1. The zero-order valence-electron chi connectivity index (χ0n) is 19.4. The monoisotopic (exact) mass is 494 g/mol. The highest BCUT2D eigenvalue weighted by atomic mass is 32.2. The van der Waals surface area contributed by atoms with E-state index < -0.39 is 5.97 Å². The summed E-state index contributed by atoms with van der Waals surface area (Å²) < 4.78 is 25.6. The van der Waals surface area contributed by atoms with Crippen molar-refractivity contribution in [3.8, 4) is 17.1 Å². The Bertz CT molecular complexity index is 1340. The van der Waals surface area contributed by atoms with Gasteiger partial charge in [0.25, 0.3) is 0 Å². The Morgan fingerprint density at radius 2 is 1.83 bits per heavy atom. The van der Waals surface area contributed by atoms with Gasteiger partial charge in [0.15, 0.2) is 11.0 Å². The van der Waals surface area contributed by atoms with Gasteiger partial charge in [0, 0.05) is 18.3 Å². The average molecular weight is 495 g/mol. The highest BCUT2D eigenvalue weighted by Gasteiger charge is 2.20.